The first-order valence-electron chi connectivity index (χ1n) is 5.58. The molecule has 0 saturated heterocycles. The van der Waals surface area contributed by atoms with Crippen molar-refractivity contribution in [1.82, 2.24) is 0 Å². The van der Waals surface area contributed by atoms with Gasteiger partial charge in [-0.25, -0.2) is 0 Å². The van der Waals surface area contributed by atoms with Gasteiger partial charge in [0.1, 0.15) is 0 Å². The lowest BCUT2D eigenvalue weighted by atomic mass is 10.1. The van der Waals surface area contributed by atoms with Crippen molar-refractivity contribution in [3.63, 3.8) is 0 Å². The number of hydrogen-bond donors (Lipinski definition) is 1. The van der Waals surface area contributed by atoms with E-state index in [1.165, 1.54) is 6.07 Å². The molecule has 0 spiro atoms. The highest BCUT2D eigenvalue weighted by molar-refractivity contribution is 7.09. The van der Waals surface area contributed by atoms with Crippen LogP contribution in [0.3, 0.4) is 0 Å². The van der Waals surface area contributed by atoms with Gasteiger partial charge in [0.05, 0.1) is 12.1 Å². The predicted octanol–water partition coefficient (Wildman–Crippen LogP) is 3.99. The van der Waals surface area contributed by atoms with E-state index in [0.717, 1.165) is 10.9 Å². The molecule has 0 atom stereocenters. The maximum absolute atomic E-state index is 12.8. The van der Waals surface area contributed by atoms with E-state index in [-0.39, 0.29) is 5.69 Å². The Morgan fingerprint density at radius 3 is 2.58 bits per heavy atom. The number of anilines is 2. The smallest absolute Gasteiger partial charge is 0.398 e. The average Bonchev–Trinajstić information content (AvgIpc) is 2.80. The lowest BCUT2D eigenvalue weighted by molar-refractivity contribution is -0.136. The number of rotatable bonds is 3. The van der Waals surface area contributed by atoms with E-state index in [1.807, 2.05) is 17.5 Å². The Hall–Kier alpha value is -1.69. The minimum Gasteiger partial charge on any atom is -0.398 e. The van der Waals surface area contributed by atoms with Crippen LogP contribution in [0, 0.1) is 0 Å². The normalized spacial score (nSPS) is 11.6. The first kappa shape index (κ1) is 13.7. The largest absolute Gasteiger partial charge is 0.418 e. The molecule has 102 valence electrons. The molecule has 0 radical (unpaired) electrons. The van der Waals surface area contributed by atoms with Crippen molar-refractivity contribution < 1.29 is 13.2 Å². The lowest BCUT2D eigenvalue weighted by Crippen LogP contribution is -2.17. The third-order valence-electron chi connectivity index (χ3n) is 2.76. The highest BCUT2D eigenvalue weighted by Crippen LogP contribution is 2.36. The van der Waals surface area contributed by atoms with Crippen LogP contribution in [0.4, 0.5) is 24.5 Å². The Bertz CT molecular complexity index is 550. The molecule has 0 unspecified atom stereocenters. The fraction of sp³-hybridized carbons (Fsp3) is 0.231. The average molecular weight is 286 g/mol. The van der Waals surface area contributed by atoms with E-state index in [0.29, 0.717) is 12.2 Å². The van der Waals surface area contributed by atoms with E-state index < -0.39 is 11.7 Å². The van der Waals surface area contributed by atoms with Crippen LogP contribution in [0.15, 0.2) is 35.7 Å². The molecule has 1 aromatic carbocycles. The summed E-state index contributed by atoms with van der Waals surface area (Å²) < 4.78 is 38.3. The second-order valence-corrected chi connectivity index (χ2v) is 5.24. The van der Waals surface area contributed by atoms with Gasteiger partial charge < -0.3 is 10.6 Å². The van der Waals surface area contributed by atoms with Crippen molar-refractivity contribution in [1.29, 1.82) is 0 Å². The van der Waals surface area contributed by atoms with Crippen molar-refractivity contribution >= 4 is 22.7 Å². The minimum absolute atomic E-state index is 0.249. The van der Waals surface area contributed by atoms with Crippen molar-refractivity contribution in [2.45, 2.75) is 12.7 Å². The van der Waals surface area contributed by atoms with Crippen LogP contribution in [-0.2, 0) is 12.7 Å². The Balaban J connectivity index is 2.25. The first-order valence-corrected chi connectivity index (χ1v) is 6.46. The minimum atomic E-state index is -4.43. The Kier molecular flexibility index (Phi) is 3.71. The number of halogens is 3. The molecule has 2 aromatic rings. The summed E-state index contributed by atoms with van der Waals surface area (Å²) in [4.78, 5) is 2.86. The zero-order valence-corrected chi connectivity index (χ0v) is 11.1. The van der Waals surface area contributed by atoms with Crippen LogP contribution in [0.2, 0.25) is 0 Å². The summed E-state index contributed by atoms with van der Waals surface area (Å²) in [5.41, 5.74) is 4.83. The molecule has 19 heavy (non-hydrogen) atoms. The topological polar surface area (TPSA) is 29.3 Å². The summed E-state index contributed by atoms with van der Waals surface area (Å²) in [5, 5.41) is 1.94. The standard InChI is InChI=1S/C13H13F3N2S/c1-18(8-10-3-2-6-19-10)9-4-5-12(17)11(7-9)13(14,15)16/h2-7H,8,17H2,1H3. The molecule has 0 aliphatic rings. The zero-order chi connectivity index (χ0) is 14.0. The molecule has 0 amide bonds. The van der Waals surface area contributed by atoms with Crippen molar-refractivity contribution in [3.8, 4) is 0 Å². The number of alkyl halides is 3. The van der Waals surface area contributed by atoms with Gasteiger partial charge in [-0.1, -0.05) is 6.07 Å². The lowest BCUT2D eigenvalue weighted by Gasteiger charge is -2.20. The van der Waals surface area contributed by atoms with E-state index in [4.69, 9.17) is 5.73 Å². The molecule has 0 saturated carbocycles. The van der Waals surface area contributed by atoms with Gasteiger partial charge in [0.15, 0.2) is 0 Å². The van der Waals surface area contributed by atoms with E-state index in [1.54, 1.807) is 29.4 Å². The fourth-order valence-corrected chi connectivity index (χ4v) is 2.51. The highest BCUT2D eigenvalue weighted by Gasteiger charge is 2.33. The SMILES string of the molecule is CN(Cc1cccs1)c1ccc(N)c(C(F)(F)F)c1. The molecule has 2 rings (SSSR count). The summed E-state index contributed by atoms with van der Waals surface area (Å²) in [6.07, 6.45) is -4.43. The van der Waals surface area contributed by atoms with Gasteiger partial charge in [-0.05, 0) is 29.6 Å². The molecular weight excluding hydrogens is 273 g/mol. The maximum Gasteiger partial charge on any atom is 0.418 e. The first-order chi connectivity index (χ1) is 8.88. The van der Waals surface area contributed by atoms with E-state index >= 15 is 0 Å². The number of hydrogen-bond acceptors (Lipinski definition) is 3. The van der Waals surface area contributed by atoms with Crippen molar-refractivity contribution in [2.24, 2.45) is 0 Å². The van der Waals surface area contributed by atoms with Gasteiger partial charge in [0.25, 0.3) is 0 Å². The third-order valence-corrected chi connectivity index (χ3v) is 3.62. The van der Waals surface area contributed by atoms with Gasteiger partial charge >= 0.3 is 6.18 Å². The Morgan fingerprint density at radius 1 is 1.26 bits per heavy atom. The molecule has 2 nitrogen and oxygen atoms in total. The van der Waals surface area contributed by atoms with Gasteiger partial charge in [0, 0.05) is 23.3 Å². The van der Waals surface area contributed by atoms with Crippen molar-refractivity contribution in [2.75, 3.05) is 17.7 Å². The fourth-order valence-electron chi connectivity index (χ4n) is 1.75. The highest BCUT2D eigenvalue weighted by atomic mass is 32.1. The number of nitrogen functional groups attached to an aromatic ring is 1. The number of benzene rings is 1. The van der Waals surface area contributed by atoms with Crippen LogP contribution in [0.25, 0.3) is 0 Å². The molecule has 0 aliphatic carbocycles. The van der Waals surface area contributed by atoms with Gasteiger partial charge in [-0.3, -0.25) is 0 Å². The van der Waals surface area contributed by atoms with Gasteiger partial charge in [-0.2, -0.15) is 13.2 Å². The van der Waals surface area contributed by atoms with E-state index in [9.17, 15) is 13.2 Å². The van der Waals surface area contributed by atoms with Crippen LogP contribution in [-0.4, -0.2) is 7.05 Å². The Labute approximate surface area is 113 Å². The molecular formula is C13H13F3N2S. The van der Waals surface area contributed by atoms with Crippen LogP contribution in [0.5, 0.6) is 0 Å². The van der Waals surface area contributed by atoms with Crippen LogP contribution < -0.4 is 10.6 Å². The maximum atomic E-state index is 12.8. The molecule has 6 heteroatoms. The molecule has 2 N–H and O–H groups in total. The van der Waals surface area contributed by atoms with Gasteiger partial charge in [-0.15, -0.1) is 11.3 Å². The number of thiophene rings is 1. The number of nitrogens with zero attached hydrogens (tertiary/aromatic N) is 1. The van der Waals surface area contributed by atoms with Gasteiger partial charge in [0.2, 0.25) is 0 Å². The zero-order valence-electron chi connectivity index (χ0n) is 10.2. The predicted molar refractivity (Wildman–Crippen MR) is 72.3 cm³/mol. The molecule has 0 fully saturated rings. The summed E-state index contributed by atoms with van der Waals surface area (Å²) in [7, 11) is 1.76. The van der Waals surface area contributed by atoms with E-state index in [2.05, 4.69) is 0 Å². The monoisotopic (exact) mass is 286 g/mol. The van der Waals surface area contributed by atoms with Crippen LogP contribution >= 0.6 is 11.3 Å². The number of nitrogens with two attached hydrogens (primary N) is 1. The molecule has 1 aromatic heterocycles. The quantitative estimate of drug-likeness (QED) is 0.865. The second kappa shape index (κ2) is 5.13. The third kappa shape index (κ3) is 3.20. The summed E-state index contributed by atoms with van der Waals surface area (Å²) in [5.74, 6) is 0. The second-order valence-electron chi connectivity index (χ2n) is 4.20. The summed E-state index contributed by atoms with van der Waals surface area (Å²) >= 11 is 1.57. The molecule has 1 heterocycles. The van der Waals surface area contributed by atoms with Crippen molar-refractivity contribution in [3.05, 3.63) is 46.2 Å². The van der Waals surface area contributed by atoms with Crippen LogP contribution in [0.1, 0.15) is 10.4 Å². The summed E-state index contributed by atoms with van der Waals surface area (Å²) in [6, 6.07) is 7.84. The Morgan fingerprint density at radius 2 is 2.00 bits per heavy atom. The summed E-state index contributed by atoms with van der Waals surface area (Å²) in [6.45, 7) is 0.568. The molecule has 0 bridgehead atoms. The molecule has 0 aliphatic heterocycles.